The maximum Gasteiger partial charge on any atom is 0.240 e. The number of anilines is 1. The van der Waals surface area contributed by atoms with Crippen molar-refractivity contribution in [3.8, 4) is 28.4 Å². The van der Waals surface area contributed by atoms with E-state index < -0.39 is 11.1 Å². The molecule has 1 unspecified atom stereocenters. The number of hydrogen-bond acceptors (Lipinski definition) is 7. The summed E-state index contributed by atoms with van der Waals surface area (Å²) in [6.45, 7) is -0.0538. The fourth-order valence-electron chi connectivity index (χ4n) is 5.27. The van der Waals surface area contributed by atoms with Crippen LogP contribution in [0.5, 0.6) is 11.5 Å². The number of benzene rings is 3. The minimum absolute atomic E-state index is 0.0743. The molecule has 1 aliphatic heterocycles. The zero-order valence-electron chi connectivity index (χ0n) is 24.6. The maximum atomic E-state index is 14.1. The summed E-state index contributed by atoms with van der Waals surface area (Å²) in [6, 6.07) is 26.5. The van der Waals surface area contributed by atoms with Crippen LogP contribution in [-0.4, -0.2) is 53.1 Å². The van der Waals surface area contributed by atoms with Crippen molar-refractivity contribution in [2.75, 3.05) is 31.4 Å². The number of methoxy groups -OCH3 is 2. The molecule has 1 atom stereocenters. The van der Waals surface area contributed by atoms with Gasteiger partial charge < -0.3 is 14.8 Å². The Morgan fingerprint density at radius 2 is 1.78 bits per heavy atom. The molecule has 0 saturated heterocycles. The number of carbonyl (C=O) groups is 2. The summed E-state index contributed by atoms with van der Waals surface area (Å²) in [7, 11) is 3.19. The van der Waals surface area contributed by atoms with Crippen LogP contribution in [0.1, 0.15) is 22.1 Å². The minimum atomic E-state index is -0.444. The Hall–Kier alpha value is -5.16. The van der Waals surface area contributed by atoms with Gasteiger partial charge in [0.25, 0.3) is 0 Å². The molecule has 45 heavy (non-hydrogen) atoms. The average molecular weight is 624 g/mol. The van der Waals surface area contributed by atoms with Crippen molar-refractivity contribution in [2.24, 2.45) is 0 Å². The second-order valence-corrected chi connectivity index (χ2v) is 11.3. The van der Waals surface area contributed by atoms with Crippen molar-refractivity contribution in [3.05, 3.63) is 120 Å². The fraction of sp³-hybridized carbons (Fsp3) is 0.176. The van der Waals surface area contributed by atoms with Crippen molar-refractivity contribution in [1.82, 2.24) is 20.1 Å². The molecule has 1 N–H and O–H groups in total. The van der Waals surface area contributed by atoms with Crippen molar-refractivity contribution in [1.29, 1.82) is 0 Å². The third kappa shape index (κ3) is 6.25. The molecule has 0 bridgehead atoms. The van der Waals surface area contributed by atoms with E-state index in [1.54, 1.807) is 43.3 Å². The van der Waals surface area contributed by atoms with Gasteiger partial charge in [0.1, 0.15) is 29.7 Å². The van der Waals surface area contributed by atoms with Crippen LogP contribution < -0.4 is 19.7 Å². The van der Waals surface area contributed by atoms with Gasteiger partial charge in [-0.2, -0.15) is 5.10 Å². The Kier molecular flexibility index (Phi) is 8.79. The van der Waals surface area contributed by atoms with Crippen molar-refractivity contribution < 1.29 is 23.5 Å². The zero-order valence-corrected chi connectivity index (χ0v) is 25.5. The van der Waals surface area contributed by atoms with Gasteiger partial charge in [-0.25, -0.2) is 9.07 Å². The van der Waals surface area contributed by atoms with Crippen LogP contribution in [0.4, 0.5) is 10.2 Å². The van der Waals surface area contributed by atoms with Crippen molar-refractivity contribution in [2.45, 2.75) is 11.8 Å². The number of pyridine rings is 1. The molecule has 1 aliphatic rings. The molecule has 228 valence electrons. The lowest BCUT2D eigenvalue weighted by atomic mass is 9.98. The fourth-order valence-corrected chi connectivity index (χ4v) is 6.48. The molecule has 2 amide bonds. The van der Waals surface area contributed by atoms with E-state index in [1.807, 2.05) is 60.7 Å². The summed E-state index contributed by atoms with van der Waals surface area (Å²) < 4.78 is 27.0. The van der Waals surface area contributed by atoms with E-state index in [1.165, 1.54) is 28.8 Å². The number of rotatable bonds is 9. The molecule has 0 radical (unpaired) electrons. The van der Waals surface area contributed by atoms with E-state index in [4.69, 9.17) is 14.6 Å². The number of halogens is 1. The monoisotopic (exact) mass is 623 g/mol. The SMILES string of the molecule is COc1ccc(OC)c(C2SCC(=O)N(CC(=O)NCc3ccccn3)c3c2c(-c2ccccc2)nn3-c2ccc(F)cc2)c1. The van der Waals surface area contributed by atoms with Gasteiger partial charge in [0, 0.05) is 22.9 Å². The standard InChI is InChI=1S/C34H30FN5O4S/c1-43-26-15-16-28(44-2)27(18-26)33-31-32(22-8-4-3-5-9-22)38-40(25-13-11-23(35)12-14-25)34(31)39(30(42)21-45-33)20-29(41)37-19-24-10-6-7-17-36-24/h3-18,33H,19-21H2,1-2H3,(H,37,41). The van der Waals surface area contributed by atoms with Crippen LogP contribution in [0.15, 0.2) is 97.2 Å². The Bertz CT molecular complexity index is 1820. The average Bonchev–Trinajstić information content (AvgIpc) is 3.41. The highest BCUT2D eigenvalue weighted by atomic mass is 32.2. The summed E-state index contributed by atoms with van der Waals surface area (Å²) in [5.41, 5.74) is 4.16. The smallest absolute Gasteiger partial charge is 0.240 e. The lowest BCUT2D eigenvalue weighted by molar-refractivity contribution is -0.123. The van der Waals surface area contributed by atoms with Crippen LogP contribution in [0.25, 0.3) is 16.9 Å². The number of carbonyl (C=O) groups excluding carboxylic acids is 2. The summed E-state index contributed by atoms with van der Waals surface area (Å²) in [5, 5.41) is 7.47. The summed E-state index contributed by atoms with van der Waals surface area (Å²) in [4.78, 5) is 33.1. The topological polar surface area (TPSA) is 98.6 Å². The van der Waals surface area contributed by atoms with Gasteiger partial charge in [0.15, 0.2) is 0 Å². The van der Waals surface area contributed by atoms with Crippen LogP contribution in [0.3, 0.4) is 0 Å². The first-order chi connectivity index (χ1) is 22.0. The van der Waals surface area contributed by atoms with E-state index in [-0.39, 0.29) is 30.7 Å². The first-order valence-corrected chi connectivity index (χ1v) is 15.3. The van der Waals surface area contributed by atoms with Crippen molar-refractivity contribution in [3.63, 3.8) is 0 Å². The molecule has 3 aromatic carbocycles. The molecule has 5 aromatic rings. The van der Waals surface area contributed by atoms with E-state index in [2.05, 4.69) is 10.3 Å². The molecular weight excluding hydrogens is 593 g/mol. The Morgan fingerprint density at radius 1 is 1.00 bits per heavy atom. The number of nitrogens with one attached hydrogen (secondary N) is 1. The summed E-state index contributed by atoms with van der Waals surface area (Å²) in [5.74, 6) is 0.681. The van der Waals surface area contributed by atoms with Crippen LogP contribution in [0, 0.1) is 5.82 Å². The number of hydrogen-bond donors (Lipinski definition) is 1. The van der Waals surface area contributed by atoms with Crippen LogP contribution in [-0.2, 0) is 16.1 Å². The van der Waals surface area contributed by atoms with Gasteiger partial charge in [0.05, 0.1) is 48.8 Å². The molecule has 3 heterocycles. The number of fused-ring (bicyclic) bond motifs is 1. The number of ether oxygens (including phenoxy) is 2. The van der Waals surface area contributed by atoms with Gasteiger partial charge in [-0.3, -0.25) is 19.5 Å². The van der Waals surface area contributed by atoms with E-state index in [0.29, 0.717) is 40.0 Å². The normalized spacial score (nSPS) is 14.4. The van der Waals surface area contributed by atoms with E-state index >= 15 is 0 Å². The van der Waals surface area contributed by atoms with Gasteiger partial charge in [-0.15, -0.1) is 11.8 Å². The van der Waals surface area contributed by atoms with E-state index in [0.717, 1.165) is 11.1 Å². The van der Waals surface area contributed by atoms with Gasteiger partial charge >= 0.3 is 0 Å². The predicted octanol–water partition coefficient (Wildman–Crippen LogP) is 5.58. The molecule has 6 rings (SSSR count). The highest BCUT2D eigenvalue weighted by molar-refractivity contribution is 8.00. The molecule has 0 aliphatic carbocycles. The number of aromatic nitrogens is 3. The van der Waals surface area contributed by atoms with Crippen LogP contribution in [0.2, 0.25) is 0 Å². The highest BCUT2D eigenvalue weighted by Crippen LogP contribution is 2.51. The Labute approximate surface area is 264 Å². The quantitative estimate of drug-likeness (QED) is 0.229. The molecule has 2 aromatic heterocycles. The number of thioether (sulfide) groups is 1. The molecule has 0 fully saturated rings. The number of nitrogens with zero attached hydrogens (tertiary/aromatic N) is 4. The first-order valence-electron chi connectivity index (χ1n) is 14.2. The zero-order chi connectivity index (χ0) is 31.3. The number of amides is 2. The second kappa shape index (κ2) is 13.2. The highest BCUT2D eigenvalue weighted by Gasteiger charge is 2.38. The Balaban J connectivity index is 1.55. The van der Waals surface area contributed by atoms with Crippen molar-refractivity contribution >= 4 is 29.4 Å². The molecule has 9 nitrogen and oxygen atoms in total. The minimum Gasteiger partial charge on any atom is -0.497 e. The molecule has 0 saturated carbocycles. The molecule has 11 heteroatoms. The predicted molar refractivity (Wildman–Crippen MR) is 171 cm³/mol. The van der Waals surface area contributed by atoms with Gasteiger partial charge in [0.2, 0.25) is 11.8 Å². The first kappa shape index (κ1) is 29.9. The van der Waals surface area contributed by atoms with Gasteiger partial charge in [-0.1, -0.05) is 36.4 Å². The van der Waals surface area contributed by atoms with Gasteiger partial charge in [-0.05, 0) is 54.6 Å². The van der Waals surface area contributed by atoms with Crippen LogP contribution >= 0.6 is 11.8 Å². The van der Waals surface area contributed by atoms with E-state index in [9.17, 15) is 14.0 Å². The molecular formula is C34H30FN5O4S. The Morgan fingerprint density at radius 3 is 2.49 bits per heavy atom. The second-order valence-electron chi connectivity index (χ2n) is 10.2. The molecule has 0 spiro atoms. The third-order valence-electron chi connectivity index (χ3n) is 7.42. The lowest BCUT2D eigenvalue weighted by Crippen LogP contribution is -2.42. The lowest BCUT2D eigenvalue weighted by Gasteiger charge is -2.23. The maximum absolute atomic E-state index is 14.1. The summed E-state index contributed by atoms with van der Waals surface area (Å²) in [6.07, 6.45) is 1.66. The summed E-state index contributed by atoms with van der Waals surface area (Å²) >= 11 is 1.42. The third-order valence-corrected chi connectivity index (χ3v) is 8.66. The largest absolute Gasteiger partial charge is 0.497 e.